The number of rotatable bonds is 7. The number of nitrogens with one attached hydrogen (secondary N) is 1. The van der Waals surface area contributed by atoms with Gasteiger partial charge in [-0.05, 0) is 33.6 Å². The Labute approximate surface area is 123 Å². The van der Waals surface area contributed by atoms with Crippen molar-refractivity contribution in [2.75, 3.05) is 0 Å². The smallest absolute Gasteiger partial charge is 0.217 e. The van der Waals surface area contributed by atoms with Crippen molar-refractivity contribution in [1.82, 2.24) is 5.32 Å². The number of carbonyl (C=O) groups excluding carboxylic acids is 1. The minimum Gasteiger partial charge on any atom is -0.393 e. The van der Waals surface area contributed by atoms with Gasteiger partial charge in [0.2, 0.25) is 5.91 Å². The van der Waals surface area contributed by atoms with E-state index in [2.05, 4.69) is 22.3 Å². The summed E-state index contributed by atoms with van der Waals surface area (Å²) in [6, 6.07) is 0.202. The van der Waals surface area contributed by atoms with Crippen LogP contribution in [0.5, 0.6) is 0 Å². The zero-order chi connectivity index (χ0) is 15.8. The highest BCUT2D eigenvalue weighted by molar-refractivity contribution is 5.73. The number of hydrogen-bond donors (Lipinski definition) is 1. The quantitative estimate of drug-likeness (QED) is 0.442. The van der Waals surface area contributed by atoms with E-state index in [0.29, 0.717) is 0 Å². The lowest BCUT2D eigenvalue weighted by molar-refractivity contribution is -0.119. The molecule has 2 unspecified atom stereocenters. The molecule has 0 heterocycles. The molecule has 112 valence electrons. The van der Waals surface area contributed by atoms with Crippen LogP contribution in [-0.4, -0.2) is 24.3 Å². The molecule has 0 aromatic rings. The Morgan fingerprint density at radius 2 is 1.85 bits per heavy atom. The van der Waals surface area contributed by atoms with Crippen LogP contribution in [0.15, 0.2) is 5.16 Å². The molecule has 0 bridgehead atoms. The molecule has 0 spiro atoms. The summed E-state index contributed by atoms with van der Waals surface area (Å²) in [6.07, 6.45) is 15.1. The summed E-state index contributed by atoms with van der Waals surface area (Å²) in [5.41, 5.74) is 0. The Bertz CT molecular complexity index is 350. The largest absolute Gasteiger partial charge is 0.393 e. The van der Waals surface area contributed by atoms with Gasteiger partial charge in [-0.1, -0.05) is 5.16 Å². The van der Waals surface area contributed by atoms with Crippen molar-refractivity contribution in [2.24, 2.45) is 5.16 Å². The fraction of sp³-hybridized carbons (Fsp3) is 0.625. The molecule has 0 saturated heterocycles. The van der Waals surface area contributed by atoms with Crippen molar-refractivity contribution < 1.29 is 9.63 Å². The highest BCUT2D eigenvalue weighted by Gasteiger charge is 2.00. The monoisotopic (exact) mass is 278 g/mol. The van der Waals surface area contributed by atoms with E-state index >= 15 is 0 Å². The van der Waals surface area contributed by atoms with E-state index in [1.54, 1.807) is 6.21 Å². The fourth-order valence-corrected chi connectivity index (χ4v) is 1.22. The van der Waals surface area contributed by atoms with Gasteiger partial charge in [0.15, 0.2) is 0 Å². The minimum absolute atomic E-state index is 0.00419. The lowest BCUT2D eigenvalue weighted by Crippen LogP contribution is -2.29. The van der Waals surface area contributed by atoms with Gasteiger partial charge in [-0.2, -0.15) is 0 Å². The van der Waals surface area contributed by atoms with E-state index in [0.717, 1.165) is 25.7 Å². The lowest BCUT2D eigenvalue weighted by atomic mass is 10.2. The Morgan fingerprint density at radius 3 is 2.30 bits per heavy atom. The lowest BCUT2D eigenvalue weighted by Gasteiger charge is -2.09. The van der Waals surface area contributed by atoms with Crippen LogP contribution in [0.3, 0.4) is 0 Å². The first-order valence-corrected chi connectivity index (χ1v) is 6.75. The molecule has 4 nitrogen and oxygen atoms in total. The molecule has 4 heteroatoms. The van der Waals surface area contributed by atoms with Crippen LogP contribution in [0.25, 0.3) is 0 Å². The van der Waals surface area contributed by atoms with E-state index in [-0.39, 0.29) is 18.1 Å². The zero-order valence-corrected chi connectivity index (χ0v) is 13.0. The molecule has 0 aliphatic carbocycles. The maximum atomic E-state index is 10.5. The third-order valence-electron chi connectivity index (χ3n) is 2.21. The molecule has 0 aliphatic heterocycles. The van der Waals surface area contributed by atoms with Crippen molar-refractivity contribution in [3.05, 3.63) is 0 Å². The van der Waals surface area contributed by atoms with Crippen molar-refractivity contribution in [1.29, 1.82) is 0 Å². The molecule has 0 radical (unpaired) electrons. The summed E-state index contributed by atoms with van der Waals surface area (Å²) < 4.78 is 0. The summed E-state index contributed by atoms with van der Waals surface area (Å²) in [5, 5.41) is 6.37. The third-order valence-corrected chi connectivity index (χ3v) is 2.21. The summed E-state index contributed by atoms with van der Waals surface area (Å²) in [7, 11) is 0. The van der Waals surface area contributed by atoms with Crippen LogP contribution < -0.4 is 5.32 Å². The number of hydrogen-bond acceptors (Lipinski definition) is 3. The van der Waals surface area contributed by atoms with Gasteiger partial charge in [-0.3, -0.25) is 4.79 Å². The Balaban J connectivity index is 0. The molecule has 0 rings (SSSR count). The second kappa shape index (κ2) is 15.1. The van der Waals surface area contributed by atoms with Crippen LogP contribution in [0.1, 0.15) is 53.4 Å². The highest BCUT2D eigenvalue weighted by atomic mass is 16.6. The Morgan fingerprint density at radius 1 is 1.30 bits per heavy atom. The van der Waals surface area contributed by atoms with Crippen LogP contribution >= 0.6 is 0 Å². The van der Waals surface area contributed by atoms with Crippen molar-refractivity contribution in [3.63, 3.8) is 0 Å². The maximum absolute atomic E-state index is 10.5. The van der Waals surface area contributed by atoms with Crippen LogP contribution in [0.4, 0.5) is 0 Å². The normalized spacial score (nSPS) is 12.3. The van der Waals surface area contributed by atoms with E-state index in [9.17, 15) is 4.79 Å². The SMILES string of the molecule is C#CCCC(C)NC(C)=O.C#CCCC(C)ON=CC. The van der Waals surface area contributed by atoms with E-state index in [1.807, 2.05) is 20.8 Å². The van der Waals surface area contributed by atoms with Crippen LogP contribution in [0, 0.1) is 24.7 Å². The van der Waals surface area contributed by atoms with E-state index < -0.39 is 0 Å². The van der Waals surface area contributed by atoms with Gasteiger partial charge in [0, 0.05) is 32.0 Å². The number of amides is 1. The van der Waals surface area contributed by atoms with Crippen molar-refractivity contribution in [2.45, 2.75) is 65.5 Å². The molecular formula is C16H26N2O2. The van der Waals surface area contributed by atoms with Crippen LogP contribution in [0.2, 0.25) is 0 Å². The summed E-state index contributed by atoms with van der Waals surface area (Å²) in [5.74, 6) is 5.07. The molecule has 1 N–H and O–H groups in total. The first-order chi connectivity index (χ1) is 9.47. The Hall–Kier alpha value is -1.94. The molecule has 0 saturated carbocycles. The van der Waals surface area contributed by atoms with Gasteiger partial charge in [0.05, 0.1) is 0 Å². The summed E-state index contributed by atoms with van der Waals surface area (Å²) in [4.78, 5) is 15.4. The fourth-order valence-electron chi connectivity index (χ4n) is 1.22. The van der Waals surface area contributed by atoms with Gasteiger partial charge in [0.25, 0.3) is 0 Å². The first kappa shape index (κ1) is 20.4. The molecular weight excluding hydrogens is 252 g/mol. The molecule has 2 atom stereocenters. The number of nitrogens with zero attached hydrogens (tertiary/aromatic N) is 1. The van der Waals surface area contributed by atoms with Gasteiger partial charge in [-0.15, -0.1) is 24.7 Å². The Kier molecular flexibility index (Phi) is 15.4. The number of oxime groups is 1. The van der Waals surface area contributed by atoms with Crippen LogP contribution in [-0.2, 0) is 9.63 Å². The predicted octanol–water partition coefficient (Wildman–Crippen LogP) is 2.74. The van der Waals surface area contributed by atoms with Gasteiger partial charge < -0.3 is 10.2 Å². The average molecular weight is 278 g/mol. The minimum atomic E-state index is 0.00419. The summed E-state index contributed by atoms with van der Waals surface area (Å²) in [6.45, 7) is 7.21. The van der Waals surface area contributed by atoms with Crippen molar-refractivity contribution >= 4 is 12.1 Å². The second-order valence-electron chi connectivity index (χ2n) is 4.37. The summed E-state index contributed by atoms with van der Waals surface area (Å²) >= 11 is 0. The molecule has 0 aromatic carbocycles. The predicted molar refractivity (Wildman–Crippen MR) is 84.1 cm³/mol. The second-order valence-corrected chi connectivity index (χ2v) is 4.37. The van der Waals surface area contributed by atoms with E-state index in [4.69, 9.17) is 17.7 Å². The molecule has 0 fully saturated rings. The van der Waals surface area contributed by atoms with Crippen molar-refractivity contribution in [3.8, 4) is 24.7 Å². The van der Waals surface area contributed by atoms with Gasteiger partial charge in [0.1, 0.15) is 6.10 Å². The van der Waals surface area contributed by atoms with Gasteiger partial charge in [-0.25, -0.2) is 0 Å². The first-order valence-electron chi connectivity index (χ1n) is 6.75. The topological polar surface area (TPSA) is 50.7 Å². The average Bonchev–Trinajstić information content (AvgIpc) is 2.40. The third kappa shape index (κ3) is 18.4. The van der Waals surface area contributed by atoms with Gasteiger partial charge >= 0.3 is 0 Å². The molecule has 20 heavy (non-hydrogen) atoms. The van der Waals surface area contributed by atoms with E-state index in [1.165, 1.54) is 6.92 Å². The standard InChI is InChI=1S/2C8H13NO/c1-4-5-6-7(2)9-8(3)10;1-4-6-7-8(3)10-9-5-2/h1,7H,5-6H2,2-3H3,(H,9,10);1,5,8H,6-7H2,2-3H3. The molecule has 0 aromatic heterocycles. The zero-order valence-electron chi connectivity index (χ0n) is 13.0. The maximum Gasteiger partial charge on any atom is 0.217 e. The number of terminal acetylenes is 2. The molecule has 0 aliphatic rings. The molecule has 1 amide bonds. The highest BCUT2D eigenvalue weighted by Crippen LogP contribution is 1.99. The number of carbonyl (C=O) groups is 1.